The smallest absolute Gasteiger partial charge is 0.0724 e. The van der Waals surface area contributed by atoms with Crippen molar-refractivity contribution in [2.45, 2.75) is 64.5 Å². The Hall–Kier alpha value is -0.120. The summed E-state index contributed by atoms with van der Waals surface area (Å²) in [7, 11) is 1.85. The van der Waals surface area contributed by atoms with Crippen LogP contribution in [0.5, 0.6) is 0 Å². The van der Waals surface area contributed by atoms with Gasteiger partial charge in [-0.1, -0.05) is 27.2 Å². The van der Waals surface area contributed by atoms with Gasteiger partial charge in [-0.25, -0.2) is 0 Å². The van der Waals surface area contributed by atoms with Crippen LogP contribution in [-0.2, 0) is 4.74 Å². The Bertz CT molecular complexity index is 305. The van der Waals surface area contributed by atoms with Crippen molar-refractivity contribution in [1.82, 2.24) is 4.90 Å². The summed E-state index contributed by atoms with van der Waals surface area (Å²) in [6, 6.07) is 0. The number of hydrogen-bond acceptors (Lipinski definition) is 3. The molecule has 3 unspecified atom stereocenters. The van der Waals surface area contributed by atoms with E-state index >= 15 is 0 Å². The second-order valence-electron chi connectivity index (χ2n) is 7.61. The zero-order valence-electron chi connectivity index (χ0n) is 13.2. The van der Waals surface area contributed by atoms with Crippen LogP contribution in [0, 0.1) is 11.3 Å². The molecule has 3 nitrogen and oxygen atoms in total. The molecule has 0 amide bonds. The van der Waals surface area contributed by atoms with Gasteiger partial charge in [0.1, 0.15) is 0 Å². The predicted molar refractivity (Wildman–Crippen MR) is 80.2 cm³/mol. The Morgan fingerprint density at radius 2 is 2.05 bits per heavy atom. The van der Waals surface area contributed by atoms with Gasteiger partial charge in [0.2, 0.25) is 0 Å². The zero-order chi connectivity index (χ0) is 14.1. The van der Waals surface area contributed by atoms with Crippen molar-refractivity contribution in [2.24, 2.45) is 17.1 Å². The van der Waals surface area contributed by atoms with Gasteiger partial charge >= 0.3 is 0 Å². The lowest BCUT2D eigenvalue weighted by atomic mass is 9.66. The molecule has 2 aliphatic rings. The first-order valence-electron chi connectivity index (χ1n) is 7.90. The molecular weight excluding hydrogens is 236 g/mol. The van der Waals surface area contributed by atoms with Gasteiger partial charge in [0.15, 0.2) is 0 Å². The van der Waals surface area contributed by atoms with Crippen molar-refractivity contribution in [3.05, 3.63) is 0 Å². The molecule has 2 rings (SSSR count). The molecule has 112 valence electrons. The largest absolute Gasteiger partial charge is 0.380 e. The van der Waals surface area contributed by atoms with E-state index in [1.807, 2.05) is 7.11 Å². The quantitative estimate of drug-likeness (QED) is 0.855. The van der Waals surface area contributed by atoms with Gasteiger partial charge in [-0.2, -0.15) is 0 Å². The maximum Gasteiger partial charge on any atom is 0.0724 e. The van der Waals surface area contributed by atoms with Crippen LogP contribution in [0.1, 0.15) is 52.9 Å². The average Bonchev–Trinajstić information content (AvgIpc) is 2.38. The standard InChI is InChI=1S/C16H32N2O/c1-13-6-9-18(10-14(13)19-4)16(12-17)8-5-7-15(2,3)11-16/h13-14H,5-12,17H2,1-4H3. The monoisotopic (exact) mass is 268 g/mol. The van der Waals surface area contributed by atoms with Crippen molar-refractivity contribution in [3.8, 4) is 0 Å². The number of rotatable bonds is 3. The molecule has 19 heavy (non-hydrogen) atoms. The topological polar surface area (TPSA) is 38.5 Å². The summed E-state index contributed by atoms with van der Waals surface area (Å²) >= 11 is 0. The van der Waals surface area contributed by atoms with Crippen molar-refractivity contribution in [1.29, 1.82) is 0 Å². The van der Waals surface area contributed by atoms with E-state index in [-0.39, 0.29) is 5.54 Å². The van der Waals surface area contributed by atoms with E-state index in [1.54, 1.807) is 0 Å². The van der Waals surface area contributed by atoms with Gasteiger partial charge in [-0.15, -0.1) is 0 Å². The summed E-state index contributed by atoms with van der Waals surface area (Å²) in [5, 5.41) is 0. The SMILES string of the molecule is COC1CN(C2(CN)CCCC(C)(C)C2)CCC1C. The van der Waals surface area contributed by atoms with Crippen molar-refractivity contribution in [3.63, 3.8) is 0 Å². The minimum Gasteiger partial charge on any atom is -0.380 e. The molecule has 1 saturated carbocycles. The average molecular weight is 268 g/mol. The maximum absolute atomic E-state index is 6.23. The number of nitrogens with zero attached hydrogens (tertiary/aromatic N) is 1. The molecule has 3 atom stereocenters. The molecule has 0 aromatic rings. The number of nitrogens with two attached hydrogens (primary N) is 1. The third-order valence-corrected chi connectivity index (χ3v) is 5.55. The van der Waals surface area contributed by atoms with Crippen molar-refractivity contribution < 1.29 is 4.74 Å². The highest BCUT2D eigenvalue weighted by atomic mass is 16.5. The zero-order valence-corrected chi connectivity index (χ0v) is 13.2. The van der Waals surface area contributed by atoms with Crippen LogP contribution in [-0.4, -0.2) is 43.3 Å². The molecule has 1 aliphatic carbocycles. The van der Waals surface area contributed by atoms with Crippen LogP contribution < -0.4 is 5.73 Å². The fourth-order valence-electron chi connectivity index (χ4n) is 4.31. The third-order valence-electron chi connectivity index (χ3n) is 5.55. The van der Waals surface area contributed by atoms with Crippen LogP contribution in [0.2, 0.25) is 0 Å². The lowest BCUT2D eigenvalue weighted by molar-refractivity contribution is -0.0692. The summed E-state index contributed by atoms with van der Waals surface area (Å²) in [5.74, 6) is 0.674. The molecule has 2 fully saturated rings. The van der Waals surface area contributed by atoms with E-state index in [2.05, 4.69) is 25.7 Å². The van der Waals surface area contributed by atoms with E-state index in [4.69, 9.17) is 10.5 Å². The van der Waals surface area contributed by atoms with Crippen LogP contribution >= 0.6 is 0 Å². The van der Waals surface area contributed by atoms with Gasteiger partial charge in [-0.3, -0.25) is 4.90 Å². The summed E-state index contributed by atoms with van der Waals surface area (Å²) in [6.07, 6.45) is 6.77. The summed E-state index contributed by atoms with van der Waals surface area (Å²) in [5.41, 5.74) is 6.88. The van der Waals surface area contributed by atoms with Gasteiger partial charge in [0, 0.05) is 25.7 Å². The van der Waals surface area contributed by atoms with Crippen LogP contribution in [0.4, 0.5) is 0 Å². The first kappa shape index (κ1) is 15.3. The molecule has 0 radical (unpaired) electrons. The summed E-state index contributed by atoms with van der Waals surface area (Å²) < 4.78 is 5.68. The first-order chi connectivity index (χ1) is 8.92. The summed E-state index contributed by atoms with van der Waals surface area (Å²) in [6.45, 7) is 10.2. The van der Waals surface area contributed by atoms with E-state index in [1.165, 1.54) is 38.6 Å². The fraction of sp³-hybridized carbons (Fsp3) is 1.00. The fourth-order valence-corrected chi connectivity index (χ4v) is 4.31. The van der Waals surface area contributed by atoms with Gasteiger partial charge < -0.3 is 10.5 Å². The second kappa shape index (κ2) is 5.71. The highest BCUT2D eigenvalue weighted by Crippen LogP contribution is 2.44. The van der Waals surface area contributed by atoms with Gasteiger partial charge in [-0.05, 0) is 43.6 Å². The van der Waals surface area contributed by atoms with Gasteiger partial charge in [0.25, 0.3) is 0 Å². The van der Waals surface area contributed by atoms with E-state index in [0.717, 1.165) is 13.1 Å². The van der Waals surface area contributed by atoms with Crippen molar-refractivity contribution in [2.75, 3.05) is 26.7 Å². The molecule has 2 N–H and O–H groups in total. The number of methoxy groups -OCH3 is 1. The molecule has 0 aromatic carbocycles. The number of hydrogen-bond donors (Lipinski definition) is 1. The molecule has 0 bridgehead atoms. The number of likely N-dealkylation sites (tertiary alicyclic amines) is 1. The Morgan fingerprint density at radius 3 is 2.63 bits per heavy atom. The number of ether oxygens (including phenoxy) is 1. The van der Waals surface area contributed by atoms with E-state index in [9.17, 15) is 0 Å². The van der Waals surface area contributed by atoms with E-state index in [0.29, 0.717) is 17.4 Å². The lowest BCUT2D eigenvalue weighted by Gasteiger charge is -2.53. The molecule has 3 heteroatoms. The van der Waals surface area contributed by atoms with Crippen LogP contribution in [0.25, 0.3) is 0 Å². The Morgan fingerprint density at radius 1 is 1.32 bits per heavy atom. The third kappa shape index (κ3) is 3.14. The second-order valence-corrected chi connectivity index (χ2v) is 7.61. The van der Waals surface area contributed by atoms with E-state index < -0.39 is 0 Å². The molecule has 1 heterocycles. The highest BCUT2D eigenvalue weighted by molar-refractivity contribution is 5.01. The minimum atomic E-state index is 0.221. The lowest BCUT2D eigenvalue weighted by Crippen LogP contribution is -2.62. The Balaban J connectivity index is 2.12. The Labute approximate surface area is 118 Å². The maximum atomic E-state index is 6.23. The summed E-state index contributed by atoms with van der Waals surface area (Å²) in [4.78, 5) is 2.65. The highest BCUT2D eigenvalue weighted by Gasteiger charge is 2.45. The van der Waals surface area contributed by atoms with Crippen molar-refractivity contribution >= 4 is 0 Å². The normalized spacial score (nSPS) is 40.3. The van der Waals surface area contributed by atoms with Gasteiger partial charge in [0.05, 0.1) is 6.10 Å². The number of piperidine rings is 1. The molecular formula is C16H32N2O. The minimum absolute atomic E-state index is 0.221. The van der Waals surface area contributed by atoms with Crippen LogP contribution in [0.15, 0.2) is 0 Å². The molecule has 0 aromatic heterocycles. The molecule has 1 aliphatic heterocycles. The first-order valence-corrected chi connectivity index (χ1v) is 7.90. The van der Waals surface area contributed by atoms with Crippen LogP contribution in [0.3, 0.4) is 0 Å². The molecule has 0 spiro atoms. The predicted octanol–water partition coefficient (Wildman–Crippen LogP) is 2.64. The Kier molecular flexibility index (Phi) is 4.59. The molecule has 1 saturated heterocycles.